The van der Waals surface area contributed by atoms with Crippen LogP contribution in [-0.2, 0) is 11.3 Å². The van der Waals surface area contributed by atoms with Crippen molar-refractivity contribution in [3.8, 4) is 11.5 Å². The molecule has 0 unspecified atom stereocenters. The number of nitrogens with one attached hydrogen (secondary N) is 1. The number of carbonyl (C=O) groups excluding carboxylic acids is 1. The second-order valence-corrected chi connectivity index (χ2v) is 4.50. The van der Waals surface area contributed by atoms with Crippen molar-refractivity contribution < 1.29 is 13.6 Å². The van der Waals surface area contributed by atoms with Gasteiger partial charge in [0.25, 0.3) is 0 Å². The van der Waals surface area contributed by atoms with Crippen LogP contribution in [0.5, 0.6) is 0 Å². The van der Waals surface area contributed by atoms with Crippen molar-refractivity contribution in [2.24, 2.45) is 5.92 Å². The smallest absolute Gasteiger partial charge is 0.247 e. The van der Waals surface area contributed by atoms with E-state index in [9.17, 15) is 9.18 Å². The minimum Gasteiger partial charge on any atom is -0.419 e. The number of nitrogens with zero attached hydrogens (tertiary/aromatic N) is 2. The molecule has 2 aromatic rings. The number of hydrogen-bond donors (Lipinski definition) is 1. The molecule has 0 radical (unpaired) electrons. The maximum Gasteiger partial charge on any atom is 0.247 e. The molecule has 1 amide bonds. The molecule has 5 nitrogen and oxygen atoms in total. The van der Waals surface area contributed by atoms with Crippen molar-refractivity contribution in [2.75, 3.05) is 0 Å². The lowest BCUT2D eigenvalue weighted by Crippen LogP contribution is -2.24. The van der Waals surface area contributed by atoms with Crippen LogP contribution in [0.2, 0.25) is 0 Å². The first-order valence-electron chi connectivity index (χ1n) is 6.08. The zero-order valence-electron chi connectivity index (χ0n) is 10.1. The Bertz CT molecular complexity index is 590. The Balaban J connectivity index is 1.65. The summed E-state index contributed by atoms with van der Waals surface area (Å²) in [5.41, 5.74) is 0.647. The summed E-state index contributed by atoms with van der Waals surface area (Å²) in [6.07, 6.45) is 1.91. The summed E-state index contributed by atoms with van der Waals surface area (Å²) in [5.74, 6) is 0.519. The van der Waals surface area contributed by atoms with Crippen molar-refractivity contribution in [2.45, 2.75) is 19.4 Å². The summed E-state index contributed by atoms with van der Waals surface area (Å²) >= 11 is 0. The van der Waals surface area contributed by atoms with E-state index in [-0.39, 0.29) is 24.2 Å². The monoisotopic (exact) mass is 261 g/mol. The van der Waals surface area contributed by atoms with Crippen LogP contribution in [0, 0.1) is 11.7 Å². The van der Waals surface area contributed by atoms with Gasteiger partial charge in [-0.25, -0.2) is 4.39 Å². The van der Waals surface area contributed by atoms with E-state index in [0.29, 0.717) is 17.3 Å². The minimum atomic E-state index is -0.319. The average Bonchev–Trinajstić information content (AvgIpc) is 3.16. The Labute approximate surface area is 108 Å². The third kappa shape index (κ3) is 2.78. The maximum atomic E-state index is 12.8. The number of carbonyl (C=O) groups is 1. The molecule has 1 aromatic carbocycles. The summed E-state index contributed by atoms with van der Waals surface area (Å²) in [7, 11) is 0. The Morgan fingerprint density at radius 1 is 1.32 bits per heavy atom. The van der Waals surface area contributed by atoms with E-state index >= 15 is 0 Å². The molecule has 1 fully saturated rings. The van der Waals surface area contributed by atoms with E-state index in [0.717, 1.165) is 12.8 Å². The first-order chi connectivity index (χ1) is 9.22. The van der Waals surface area contributed by atoms with Gasteiger partial charge in [0.1, 0.15) is 5.82 Å². The molecule has 0 spiro atoms. The highest BCUT2D eigenvalue weighted by Crippen LogP contribution is 2.28. The lowest BCUT2D eigenvalue weighted by Gasteiger charge is -1.99. The van der Waals surface area contributed by atoms with E-state index in [2.05, 4.69) is 15.5 Å². The molecule has 98 valence electrons. The van der Waals surface area contributed by atoms with Gasteiger partial charge in [-0.15, -0.1) is 10.2 Å². The first kappa shape index (κ1) is 11.8. The Morgan fingerprint density at radius 2 is 2.05 bits per heavy atom. The van der Waals surface area contributed by atoms with Crippen molar-refractivity contribution in [3.63, 3.8) is 0 Å². The fraction of sp³-hybridized carbons (Fsp3) is 0.308. The summed E-state index contributed by atoms with van der Waals surface area (Å²) in [6, 6.07) is 5.78. The van der Waals surface area contributed by atoms with Crippen molar-refractivity contribution in [1.29, 1.82) is 0 Å². The highest BCUT2D eigenvalue weighted by atomic mass is 19.1. The molecule has 1 aliphatic carbocycles. The molecule has 0 aliphatic heterocycles. The van der Waals surface area contributed by atoms with Gasteiger partial charge < -0.3 is 9.73 Å². The molecule has 6 heteroatoms. The highest BCUT2D eigenvalue weighted by Gasteiger charge is 2.29. The number of rotatable bonds is 4. The maximum absolute atomic E-state index is 12.8. The Hall–Kier alpha value is -2.24. The molecule has 1 aliphatic rings. The molecule has 1 heterocycles. The van der Waals surface area contributed by atoms with Crippen LogP contribution in [0.1, 0.15) is 18.7 Å². The molecule has 3 rings (SSSR count). The zero-order chi connectivity index (χ0) is 13.2. The molecular weight excluding hydrogens is 249 g/mol. The van der Waals surface area contributed by atoms with Crippen LogP contribution >= 0.6 is 0 Å². The predicted octanol–water partition coefficient (Wildman–Crippen LogP) is 1.90. The van der Waals surface area contributed by atoms with Gasteiger partial charge >= 0.3 is 0 Å². The van der Waals surface area contributed by atoms with E-state index in [1.165, 1.54) is 12.1 Å². The van der Waals surface area contributed by atoms with Crippen LogP contribution in [0.25, 0.3) is 11.5 Å². The van der Waals surface area contributed by atoms with Crippen LogP contribution in [0.3, 0.4) is 0 Å². The van der Waals surface area contributed by atoms with E-state index < -0.39 is 0 Å². The SMILES string of the molecule is O=C(NCc1nnc(-c2ccc(F)cc2)o1)C1CC1. The van der Waals surface area contributed by atoms with Crippen molar-refractivity contribution >= 4 is 5.91 Å². The molecule has 1 N–H and O–H groups in total. The third-order valence-electron chi connectivity index (χ3n) is 2.92. The fourth-order valence-electron chi connectivity index (χ4n) is 1.69. The predicted molar refractivity (Wildman–Crippen MR) is 64.3 cm³/mol. The van der Waals surface area contributed by atoms with Gasteiger partial charge in [-0.3, -0.25) is 4.79 Å². The second kappa shape index (κ2) is 4.79. The fourth-order valence-corrected chi connectivity index (χ4v) is 1.69. The van der Waals surface area contributed by atoms with Gasteiger partial charge in [0.2, 0.25) is 17.7 Å². The van der Waals surface area contributed by atoms with E-state index in [4.69, 9.17) is 4.42 Å². The first-order valence-corrected chi connectivity index (χ1v) is 6.08. The molecular formula is C13H12FN3O2. The van der Waals surface area contributed by atoms with Crippen LogP contribution in [-0.4, -0.2) is 16.1 Å². The minimum absolute atomic E-state index is 0.0292. The molecule has 0 bridgehead atoms. The summed E-state index contributed by atoms with van der Waals surface area (Å²) in [4.78, 5) is 11.5. The largest absolute Gasteiger partial charge is 0.419 e. The molecule has 19 heavy (non-hydrogen) atoms. The molecule has 0 saturated heterocycles. The van der Waals surface area contributed by atoms with Gasteiger partial charge in [-0.1, -0.05) is 0 Å². The zero-order valence-corrected chi connectivity index (χ0v) is 10.1. The van der Waals surface area contributed by atoms with Crippen molar-refractivity contribution in [3.05, 3.63) is 36.0 Å². The van der Waals surface area contributed by atoms with Crippen LogP contribution in [0.15, 0.2) is 28.7 Å². The van der Waals surface area contributed by atoms with Crippen molar-refractivity contribution in [1.82, 2.24) is 15.5 Å². The average molecular weight is 261 g/mol. The van der Waals surface area contributed by atoms with Gasteiger partial charge in [0.15, 0.2) is 0 Å². The van der Waals surface area contributed by atoms with Gasteiger partial charge in [-0.2, -0.15) is 0 Å². The molecule has 0 atom stereocenters. The standard InChI is InChI=1S/C13H12FN3O2/c14-10-5-3-9(4-6-10)13-17-16-11(19-13)7-15-12(18)8-1-2-8/h3-6,8H,1-2,7H2,(H,15,18). The topological polar surface area (TPSA) is 68.0 Å². The number of halogens is 1. The number of benzene rings is 1. The number of hydrogen-bond acceptors (Lipinski definition) is 4. The third-order valence-corrected chi connectivity index (χ3v) is 2.92. The van der Waals surface area contributed by atoms with Crippen LogP contribution < -0.4 is 5.32 Å². The highest BCUT2D eigenvalue weighted by molar-refractivity contribution is 5.80. The second-order valence-electron chi connectivity index (χ2n) is 4.50. The number of aromatic nitrogens is 2. The Morgan fingerprint density at radius 3 is 2.74 bits per heavy atom. The quantitative estimate of drug-likeness (QED) is 0.912. The summed E-state index contributed by atoms with van der Waals surface area (Å²) in [6.45, 7) is 0.226. The lowest BCUT2D eigenvalue weighted by atomic mass is 10.2. The summed E-state index contributed by atoms with van der Waals surface area (Å²) < 4.78 is 18.2. The van der Waals surface area contributed by atoms with Crippen LogP contribution in [0.4, 0.5) is 4.39 Å². The molecule has 1 saturated carbocycles. The van der Waals surface area contributed by atoms with Gasteiger partial charge in [-0.05, 0) is 37.1 Å². The number of amides is 1. The lowest BCUT2D eigenvalue weighted by molar-refractivity contribution is -0.122. The Kier molecular flexibility index (Phi) is 2.98. The van der Waals surface area contributed by atoms with Gasteiger partial charge in [0.05, 0.1) is 6.54 Å². The van der Waals surface area contributed by atoms with Gasteiger partial charge in [0, 0.05) is 11.5 Å². The van der Waals surface area contributed by atoms with E-state index in [1.807, 2.05) is 0 Å². The summed E-state index contributed by atoms with van der Waals surface area (Å²) in [5, 5.41) is 10.4. The normalized spacial score (nSPS) is 14.4. The van der Waals surface area contributed by atoms with E-state index in [1.54, 1.807) is 12.1 Å². The molecule has 1 aromatic heterocycles.